The summed E-state index contributed by atoms with van der Waals surface area (Å²) in [6.45, 7) is 23.1. The minimum absolute atomic E-state index is 0.606. The van der Waals surface area contributed by atoms with Crippen molar-refractivity contribution in [3.63, 3.8) is 0 Å². The lowest BCUT2D eigenvalue weighted by molar-refractivity contribution is -0.0273. The number of hydrogen-bond acceptors (Lipinski definition) is 0. The fourth-order valence-corrected chi connectivity index (χ4v) is 7.88. The molecule has 0 N–H and O–H groups in total. The van der Waals surface area contributed by atoms with Gasteiger partial charge in [0.05, 0.1) is 0 Å². The van der Waals surface area contributed by atoms with Gasteiger partial charge in [0.25, 0.3) is 0 Å². The Morgan fingerprint density at radius 1 is 0.767 bits per heavy atom. The highest BCUT2D eigenvalue weighted by Gasteiger charge is 2.57. The second kappa shape index (κ2) is 7.38. The molecule has 0 saturated heterocycles. The van der Waals surface area contributed by atoms with Gasteiger partial charge in [-0.15, -0.1) is 0 Å². The van der Waals surface area contributed by atoms with Crippen LogP contribution in [0.1, 0.15) is 100 Å². The Balaban J connectivity index is 0.000000109. The van der Waals surface area contributed by atoms with Gasteiger partial charge in [0.1, 0.15) is 0 Å². The van der Waals surface area contributed by atoms with Crippen molar-refractivity contribution in [3.8, 4) is 0 Å². The summed E-state index contributed by atoms with van der Waals surface area (Å²) in [6, 6.07) is 0. The molecule has 5 saturated carbocycles. The first-order chi connectivity index (χ1) is 13.9. The molecule has 5 fully saturated rings. The van der Waals surface area contributed by atoms with Gasteiger partial charge in [0, 0.05) is 0 Å². The molecular formula is C30H48. The van der Waals surface area contributed by atoms with Crippen molar-refractivity contribution in [2.75, 3.05) is 0 Å². The summed E-state index contributed by atoms with van der Waals surface area (Å²) < 4.78 is 0. The maximum absolute atomic E-state index is 4.13. The van der Waals surface area contributed by atoms with Crippen molar-refractivity contribution in [2.24, 2.45) is 51.8 Å². The van der Waals surface area contributed by atoms with Crippen LogP contribution >= 0.6 is 0 Å². The van der Waals surface area contributed by atoms with E-state index in [9.17, 15) is 0 Å². The number of fused-ring (bicyclic) bond motifs is 4. The fraction of sp³-hybridized carbons (Fsp3) is 0.800. The molecule has 0 heterocycles. The summed E-state index contributed by atoms with van der Waals surface area (Å²) in [7, 11) is 0. The lowest BCUT2D eigenvalue weighted by atomic mass is 9.47. The van der Waals surface area contributed by atoms with Crippen molar-refractivity contribution in [3.05, 3.63) is 35.5 Å². The maximum atomic E-state index is 4.13. The minimum atomic E-state index is 0.606. The van der Waals surface area contributed by atoms with Crippen molar-refractivity contribution >= 4 is 0 Å². The molecule has 6 atom stereocenters. The van der Waals surface area contributed by atoms with Gasteiger partial charge in [-0.05, 0) is 111 Å². The van der Waals surface area contributed by atoms with E-state index in [1.165, 1.54) is 50.5 Å². The zero-order valence-corrected chi connectivity index (χ0v) is 21.3. The Hall–Kier alpha value is -0.780. The molecule has 8 aliphatic rings. The largest absolute Gasteiger partial charge is 0.0996 e. The molecule has 0 amide bonds. The molecule has 8 rings (SSSR count). The van der Waals surface area contributed by atoms with Crippen molar-refractivity contribution in [1.29, 1.82) is 0 Å². The third kappa shape index (κ3) is 3.59. The van der Waals surface area contributed by atoms with E-state index in [1.807, 2.05) is 0 Å². The first kappa shape index (κ1) is 22.4. The molecule has 0 aromatic carbocycles. The highest BCUT2D eigenvalue weighted by atomic mass is 14.6. The van der Waals surface area contributed by atoms with Crippen LogP contribution in [-0.2, 0) is 0 Å². The summed E-state index contributed by atoms with van der Waals surface area (Å²) >= 11 is 0. The van der Waals surface area contributed by atoms with E-state index in [1.54, 1.807) is 11.1 Å². The van der Waals surface area contributed by atoms with Crippen molar-refractivity contribution in [1.82, 2.24) is 0 Å². The highest BCUT2D eigenvalue weighted by Crippen LogP contribution is 2.64. The Morgan fingerprint density at radius 3 is 1.77 bits per heavy atom. The van der Waals surface area contributed by atoms with Gasteiger partial charge in [-0.3, -0.25) is 0 Å². The third-order valence-electron chi connectivity index (χ3n) is 11.1. The van der Waals surface area contributed by atoms with Crippen LogP contribution in [0.2, 0.25) is 0 Å². The Labute approximate surface area is 187 Å². The van der Waals surface area contributed by atoms with E-state index in [2.05, 4.69) is 74.1 Å². The van der Waals surface area contributed by atoms with Crippen molar-refractivity contribution < 1.29 is 0 Å². The Kier molecular flexibility index (Phi) is 5.52. The topological polar surface area (TPSA) is 0 Å². The number of rotatable bonds is 0. The van der Waals surface area contributed by atoms with Crippen LogP contribution in [-0.4, -0.2) is 0 Å². The van der Waals surface area contributed by atoms with Crippen molar-refractivity contribution in [2.45, 2.75) is 100 Å². The molecular weight excluding hydrogens is 360 g/mol. The Bertz CT molecular complexity index is 751. The summed E-state index contributed by atoms with van der Waals surface area (Å²) in [6.07, 6.45) is 14.5. The van der Waals surface area contributed by atoms with Crippen LogP contribution in [0, 0.1) is 51.8 Å². The van der Waals surface area contributed by atoms with E-state index < -0.39 is 0 Å². The Morgan fingerprint density at radius 2 is 1.40 bits per heavy atom. The predicted octanol–water partition coefficient (Wildman–Crippen LogP) is 9.00. The minimum Gasteiger partial charge on any atom is -0.0996 e. The average Bonchev–Trinajstić information content (AvgIpc) is 3.22. The normalized spacial score (nSPS) is 42.3. The fourth-order valence-electron chi connectivity index (χ4n) is 7.88. The maximum Gasteiger partial charge on any atom is -0.0149 e. The summed E-state index contributed by atoms with van der Waals surface area (Å²) in [5, 5.41) is 0. The lowest BCUT2D eigenvalue weighted by Gasteiger charge is -2.57. The molecule has 30 heavy (non-hydrogen) atoms. The predicted molar refractivity (Wildman–Crippen MR) is 131 cm³/mol. The van der Waals surface area contributed by atoms with Gasteiger partial charge >= 0.3 is 0 Å². The molecule has 168 valence electrons. The van der Waals surface area contributed by atoms with Gasteiger partial charge in [0.15, 0.2) is 0 Å². The van der Waals surface area contributed by atoms with Crippen LogP contribution in [0.5, 0.6) is 0 Å². The first-order valence-electron chi connectivity index (χ1n) is 12.9. The second-order valence-corrected chi connectivity index (χ2v) is 13.5. The van der Waals surface area contributed by atoms with E-state index in [4.69, 9.17) is 0 Å². The van der Waals surface area contributed by atoms with Crippen LogP contribution < -0.4 is 0 Å². The summed E-state index contributed by atoms with van der Waals surface area (Å²) in [5.41, 5.74) is 6.70. The SMILES string of the molecule is C=C1CC[C@@H]2C[C@H]1C2(C)C.CC1=CCC2C(C1)C2(C)C.CC1=CC[C@@H]2C[C@H]1C2(C)C. The van der Waals surface area contributed by atoms with Gasteiger partial charge < -0.3 is 0 Å². The molecule has 4 bridgehead atoms. The molecule has 8 aliphatic carbocycles. The van der Waals surface area contributed by atoms with E-state index in [-0.39, 0.29) is 0 Å². The van der Waals surface area contributed by atoms with Crippen LogP contribution in [0.15, 0.2) is 35.5 Å². The molecule has 0 nitrogen and oxygen atoms in total. The van der Waals surface area contributed by atoms with Gasteiger partial charge in [-0.1, -0.05) is 77.0 Å². The second-order valence-electron chi connectivity index (χ2n) is 13.5. The molecule has 0 heteroatoms. The average molecular weight is 409 g/mol. The number of hydrogen-bond donors (Lipinski definition) is 0. The van der Waals surface area contributed by atoms with E-state index >= 15 is 0 Å². The van der Waals surface area contributed by atoms with Crippen LogP contribution in [0.4, 0.5) is 0 Å². The molecule has 0 aromatic rings. The van der Waals surface area contributed by atoms with Gasteiger partial charge in [-0.2, -0.15) is 0 Å². The summed E-state index contributed by atoms with van der Waals surface area (Å²) in [5.74, 6) is 5.86. The zero-order valence-electron chi connectivity index (χ0n) is 21.3. The van der Waals surface area contributed by atoms with Crippen LogP contribution in [0.25, 0.3) is 0 Å². The van der Waals surface area contributed by atoms with Crippen LogP contribution in [0.3, 0.4) is 0 Å². The monoisotopic (exact) mass is 408 g/mol. The zero-order chi connectivity index (χ0) is 22.1. The number of allylic oxidation sites excluding steroid dienone is 5. The molecule has 0 radical (unpaired) electrons. The molecule has 0 aromatic heterocycles. The van der Waals surface area contributed by atoms with E-state index in [0.29, 0.717) is 16.2 Å². The lowest BCUT2D eigenvalue weighted by Crippen LogP contribution is -2.48. The smallest absolute Gasteiger partial charge is 0.0149 e. The van der Waals surface area contributed by atoms with E-state index in [0.717, 1.165) is 35.5 Å². The standard InChI is InChI=1S/3C10H16/c2*1-7-4-5-8-6-9(7)10(8,2)3;1-7-4-5-8-9(6-7)10(8,2)3/h4,8-9H,5-6H2,1-3H3;8-9H,1,4-6H2,2-3H3;4,8-9H,5-6H2,1-3H3/t2*8-,9-;/m11./s1. The summed E-state index contributed by atoms with van der Waals surface area (Å²) in [4.78, 5) is 0. The third-order valence-corrected chi connectivity index (χ3v) is 11.1. The molecule has 0 spiro atoms. The van der Waals surface area contributed by atoms with Gasteiger partial charge in [0.2, 0.25) is 0 Å². The molecule has 2 unspecified atom stereocenters. The molecule has 0 aliphatic heterocycles. The van der Waals surface area contributed by atoms with Gasteiger partial charge in [-0.25, -0.2) is 0 Å². The highest BCUT2D eigenvalue weighted by molar-refractivity contribution is 5.21. The quantitative estimate of drug-likeness (QED) is 0.351. The first-order valence-corrected chi connectivity index (χ1v) is 12.9.